The van der Waals surface area contributed by atoms with Crippen LogP contribution in [0.15, 0.2) is 0 Å². The molecule has 4 nitrogen and oxygen atoms in total. The highest BCUT2D eigenvalue weighted by Crippen LogP contribution is 2.44. The Balaban J connectivity index is 5.23. The smallest absolute Gasteiger partial charge is 0.223 e. The topological polar surface area (TPSA) is 52.6 Å². The second kappa shape index (κ2) is 4.41. The van der Waals surface area contributed by atoms with Crippen LogP contribution >= 0.6 is 22.6 Å². The molecule has 0 spiro atoms. The molecule has 0 amide bonds. The van der Waals surface area contributed by atoms with E-state index >= 15 is 0 Å². The maximum Gasteiger partial charge on any atom is 0.527 e. The summed E-state index contributed by atoms with van der Waals surface area (Å²) in [7, 11) is -6.42. The molecular weight excluding hydrogens is 392 g/mol. The zero-order valence-corrected chi connectivity index (χ0v) is 9.54. The third kappa shape index (κ3) is 5.44. The molecule has 0 saturated carbocycles. The van der Waals surface area contributed by atoms with Crippen molar-refractivity contribution >= 4 is 33.1 Å². The summed E-state index contributed by atoms with van der Waals surface area (Å²) in [4.78, 5) is 0. The fraction of sp³-hybridized carbons (Fsp3) is 1.00. The number of rotatable bonds is 4. The van der Waals surface area contributed by atoms with Crippen molar-refractivity contribution in [1.29, 1.82) is 0 Å². The van der Waals surface area contributed by atoms with Crippen molar-refractivity contribution in [2.45, 2.75) is 16.3 Å². The van der Waals surface area contributed by atoms with Gasteiger partial charge in [0.25, 0.3) is 0 Å². The molecule has 16 heavy (non-hydrogen) atoms. The lowest BCUT2D eigenvalue weighted by atomic mass is 10.6. The molecule has 1 atom stereocenters. The predicted molar refractivity (Wildman–Crippen MR) is 41.1 cm³/mol. The second-order valence-corrected chi connectivity index (χ2v) is 4.37. The molecule has 0 heterocycles. The molecular formula is C3F7IO4S. The van der Waals surface area contributed by atoms with Gasteiger partial charge in [-0.25, -0.2) is 4.74 Å². The van der Waals surface area contributed by atoms with Gasteiger partial charge in [0, 0.05) is 22.6 Å². The fourth-order valence-electron chi connectivity index (χ4n) is 0.399. The van der Waals surface area contributed by atoms with Crippen molar-refractivity contribution in [2.75, 3.05) is 0 Å². The van der Waals surface area contributed by atoms with E-state index in [1.165, 1.54) is 0 Å². The first-order chi connectivity index (χ1) is 6.66. The monoisotopic (exact) mass is 392 g/mol. The summed E-state index contributed by atoms with van der Waals surface area (Å²) in [5.74, 6) is 0. The van der Waals surface area contributed by atoms with E-state index in [9.17, 15) is 38.6 Å². The van der Waals surface area contributed by atoms with Crippen LogP contribution in [-0.4, -0.2) is 24.8 Å². The third-order valence-electron chi connectivity index (χ3n) is 0.792. The fourth-order valence-corrected chi connectivity index (χ4v) is 1.16. The lowest BCUT2D eigenvalue weighted by molar-refractivity contribution is -0.461. The summed E-state index contributed by atoms with van der Waals surface area (Å²) in [6.45, 7) is 0. The van der Waals surface area contributed by atoms with Gasteiger partial charge in [0.15, 0.2) is 0 Å². The van der Waals surface area contributed by atoms with Crippen molar-refractivity contribution in [3.8, 4) is 0 Å². The van der Waals surface area contributed by atoms with E-state index in [4.69, 9.17) is 0 Å². The Labute approximate surface area is 97.2 Å². The van der Waals surface area contributed by atoms with E-state index in [2.05, 4.69) is 8.92 Å². The van der Waals surface area contributed by atoms with Crippen LogP contribution in [0.1, 0.15) is 0 Å². The summed E-state index contributed by atoms with van der Waals surface area (Å²) in [5, 5.41) is 0. The average molecular weight is 392 g/mol. The first kappa shape index (κ1) is 16.1. The minimum Gasteiger partial charge on any atom is -0.223 e. The van der Waals surface area contributed by atoms with Gasteiger partial charge in [-0.2, -0.15) is 25.8 Å². The van der Waals surface area contributed by atoms with Crippen molar-refractivity contribution in [1.82, 2.24) is 0 Å². The van der Waals surface area contributed by atoms with Gasteiger partial charge >= 0.3 is 26.8 Å². The molecule has 0 aliphatic heterocycles. The predicted octanol–water partition coefficient (Wildman–Crippen LogP) is 2.40. The summed E-state index contributed by atoms with van der Waals surface area (Å²) >= 11 is -0.254. The SMILES string of the molecule is O=S(=O)(F)OC(F)(OC(F)(F)F)C(F)(F)I. The molecule has 98 valence electrons. The maximum absolute atomic E-state index is 12.7. The van der Waals surface area contributed by atoms with Crippen LogP contribution in [0.4, 0.5) is 30.2 Å². The maximum atomic E-state index is 12.7. The Morgan fingerprint density at radius 3 is 1.56 bits per heavy atom. The number of alkyl halides is 7. The highest BCUT2D eigenvalue weighted by molar-refractivity contribution is 14.1. The molecule has 0 saturated heterocycles. The van der Waals surface area contributed by atoms with Gasteiger partial charge in [0.2, 0.25) is 0 Å². The molecule has 0 rings (SSSR count). The van der Waals surface area contributed by atoms with Crippen molar-refractivity contribution in [3.05, 3.63) is 0 Å². The van der Waals surface area contributed by atoms with Gasteiger partial charge in [-0.1, -0.05) is 3.89 Å². The van der Waals surface area contributed by atoms with E-state index in [1.807, 2.05) is 0 Å². The Kier molecular flexibility index (Phi) is 4.44. The molecule has 0 bridgehead atoms. The number of hydrogen-bond donors (Lipinski definition) is 0. The summed E-state index contributed by atoms with van der Waals surface area (Å²) in [5.41, 5.74) is 0. The molecule has 0 N–H and O–H groups in total. The lowest BCUT2D eigenvalue weighted by Gasteiger charge is -2.27. The van der Waals surface area contributed by atoms with Crippen LogP contribution in [0.3, 0.4) is 0 Å². The number of ether oxygens (including phenoxy) is 1. The van der Waals surface area contributed by atoms with Crippen molar-refractivity contribution < 1.29 is 47.6 Å². The molecule has 0 radical (unpaired) electrons. The first-order valence-electron chi connectivity index (χ1n) is 2.84. The van der Waals surface area contributed by atoms with Crippen LogP contribution in [-0.2, 0) is 19.4 Å². The number of halogens is 8. The Morgan fingerprint density at radius 1 is 1.00 bits per heavy atom. The Bertz CT molecular complexity index is 346. The highest BCUT2D eigenvalue weighted by Gasteiger charge is 2.64. The lowest BCUT2D eigenvalue weighted by Crippen LogP contribution is -2.49. The molecule has 0 aromatic carbocycles. The van der Waals surface area contributed by atoms with Crippen LogP contribution in [0.25, 0.3) is 0 Å². The molecule has 0 aliphatic carbocycles. The zero-order chi connectivity index (χ0) is 13.4. The minimum atomic E-state index is -6.42. The normalized spacial score (nSPS) is 18.2. The van der Waals surface area contributed by atoms with Crippen molar-refractivity contribution in [2.24, 2.45) is 0 Å². The van der Waals surface area contributed by atoms with Crippen molar-refractivity contribution in [3.63, 3.8) is 0 Å². The van der Waals surface area contributed by atoms with Gasteiger partial charge in [-0.15, -0.1) is 13.2 Å². The van der Waals surface area contributed by atoms with E-state index in [1.54, 1.807) is 0 Å². The Morgan fingerprint density at radius 2 is 1.38 bits per heavy atom. The van der Waals surface area contributed by atoms with Gasteiger partial charge in [-0.05, 0) is 0 Å². The van der Waals surface area contributed by atoms with E-state index < -0.39 is 26.8 Å². The van der Waals surface area contributed by atoms with Gasteiger partial charge in [0.05, 0.1) is 0 Å². The molecule has 0 aromatic heterocycles. The number of hydrogen-bond acceptors (Lipinski definition) is 4. The van der Waals surface area contributed by atoms with Crippen LogP contribution in [0.5, 0.6) is 0 Å². The minimum absolute atomic E-state index is 0.254. The quantitative estimate of drug-likeness (QED) is 0.243. The average Bonchev–Trinajstić information content (AvgIpc) is 1.72. The molecule has 1 unspecified atom stereocenters. The molecule has 0 aromatic rings. The van der Waals surface area contributed by atoms with Crippen LogP contribution in [0.2, 0.25) is 0 Å². The van der Waals surface area contributed by atoms with E-state index in [0.717, 1.165) is 0 Å². The first-order valence-corrected chi connectivity index (χ1v) is 5.23. The largest absolute Gasteiger partial charge is 0.527 e. The molecule has 0 fully saturated rings. The zero-order valence-electron chi connectivity index (χ0n) is 6.56. The Hall–Kier alpha value is 0.110. The van der Waals surface area contributed by atoms with Crippen LogP contribution in [0, 0.1) is 0 Å². The van der Waals surface area contributed by atoms with Crippen LogP contribution < -0.4 is 0 Å². The standard InChI is InChI=1S/C3F7IO4S/c4-1(5,11)2(6,14-3(7,8)9)15-16(10,12)13. The summed E-state index contributed by atoms with van der Waals surface area (Å²) in [6.07, 6.45) is -6.01. The van der Waals surface area contributed by atoms with Gasteiger partial charge in [-0.3, -0.25) is 0 Å². The summed E-state index contributed by atoms with van der Waals surface area (Å²) < 4.78 is 102. The molecule has 13 heteroatoms. The second-order valence-electron chi connectivity index (χ2n) is 2.06. The molecule has 0 aliphatic rings. The highest BCUT2D eigenvalue weighted by atomic mass is 127. The van der Waals surface area contributed by atoms with Gasteiger partial charge in [0.1, 0.15) is 0 Å². The van der Waals surface area contributed by atoms with E-state index in [-0.39, 0.29) is 22.6 Å². The third-order valence-corrected chi connectivity index (χ3v) is 1.85. The van der Waals surface area contributed by atoms with E-state index in [0.29, 0.717) is 0 Å². The van der Waals surface area contributed by atoms with Gasteiger partial charge < -0.3 is 0 Å². The summed E-state index contributed by atoms with van der Waals surface area (Å²) in [6, 6.07) is -5.53.